The zero-order valence-electron chi connectivity index (χ0n) is 10.3. The number of ether oxygens (including phenoxy) is 2. The lowest BCUT2D eigenvalue weighted by Gasteiger charge is -2.16. The fourth-order valence-electron chi connectivity index (χ4n) is 1.66. The predicted octanol–water partition coefficient (Wildman–Crippen LogP) is 2.08. The minimum atomic E-state index is -0.668. The number of nitrogens with zero attached hydrogens (tertiary/aromatic N) is 1. The van der Waals surface area contributed by atoms with Gasteiger partial charge in [-0.2, -0.15) is 5.26 Å². The van der Waals surface area contributed by atoms with E-state index in [-0.39, 0.29) is 0 Å². The first-order chi connectivity index (χ1) is 8.17. The molecule has 0 saturated heterocycles. The molecule has 2 atom stereocenters. The van der Waals surface area contributed by atoms with Crippen LogP contribution >= 0.6 is 0 Å². The molecule has 4 nitrogen and oxygen atoms in total. The fourth-order valence-corrected chi connectivity index (χ4v) is 1.66. The summed E-state index contributed by atoms with van der Waals surface area (Å²) in [4.78, 5) is 0. The first-order valence-corrected chi connectivity index (χ1v) is 5.47. The van der Waals surface area contributed by atoms with Gasteiger partial charge in [-0.1, -0.05) is 13.0 Å². The highest BCUT2D eigenvalue weighted by Gasteiger charge is 2.20. The van der Waals surface area contributed by atoms with Gasteiger partial charge in [0, 0.05) is 0 Å². The van der Waals surface area contributed by atoms with Crippen LogP contribution in [0.2, 0.25) is 0 Å². The van der Waals surface area contributed by atoms with E-state index in [1.807, 2.05) is 6.92 Å². The lowest BCUT2D eigenvalue weighted by molar-refractivity contribution is 0.157. The summed E-state index contributed by atoms with van der Waals surface area (Å²) in [5, 5.41) is 18.9. The Bertz CT molecular complexity index is 412. The van der Waals surface area contributed by atoms with E-state index >= 15 is 0 Å². The highest BCUT2D eigenvalue weighted by molar-refractivity contribution is 5.45. The van der Waals surface area contributed by atoms with Gasteiger partial charge in [0.05, 0.1) is 32.3 Å². The highest BCUT2D eigenvalue weighted by atomic mass is 16.5. The maximum absolute atomic E-state index is 9.77. The Hall–Kier alpha value is -1.73. The molecule has 92 valence electrons. The van der Waals surface area contributed by atoms with Crippen LogP contribution in [0.4, 0.5) is 0 Å². The molecular formula is C13H17NO3. The Morgan fingerprint density at radius 3 is 2.41 bits per heavy atom. The third kappa shape index (κ3) is 2.89. The largest absolute Gasteiger partial charge is 0.493 e. The van der Waals surface area contributed by atoms with Crippen molar-refractivity contribution in [2.24, 2.45) is 0 Å². The maximum Gasteiger partial charge on any atom is 0.161 e. The molecule has 0 radical (unpaired) electrons. The molecule has 0 heterocycles. The number of aliphatic hydroxyl groups excluding tert-OH is 1. The van der Waals surface area contributed by atoms with Gasteiger partial charge >= 0.3 is 0 Å². The summed E-state index contributed by atoms with van der Waals surface area (Å²) in [5.41, 5.74) is 0.736. The van der Waals surface area contributed by atoms with Gasteiger partial charge in [-0.25, -0.2) is 0 Å². The van der Waals surface area contributed by atoms with Crippen LogP contribution in [0, 0.1) is 11.3 Å². The van der Waals surface area contributed by atoms with Gasteiger partial charge in [0.15, 0.2) is 11.5 Å². The second-order valence-electron chi connectivity index (χ2n) is 3.70. The van der Waals surface area contributed by atoms with Crippen molar-refractivity contribution >= 4 is 0 Å². The molecule has 1 N–H and O–H groups in total. The Kier molecular flexibility index (Phi) is 4.80. The van der Waals surface area contributed by atoms with Crippen molar-refractivity contribution in [1.82, 2.24) is 0 Å². The van der Waals surface area contributed by atoms with Crippen LogP contribution in [0.1, 0.15) is 24.8 Å². The van der Waals surface area contributed by atoms with Crippen molar-refractivity contribution in [2.75, 3.05) is 14.2 Å². The Morgan fingerprint density at radius 1 is 1.29 bits per heavy atom. The lowest BCUT2D eigenvalue weighted by Crippen LogP contribution is -2.16. The van der Waals surface area contributed by atoms with Crippen LogP contribution in [0.15, 0.2) is 18.2 Å². The van der Waals surface area contributed by atoms with Crippen LogP contribution in [-0.2, 0) is 0 Å². The van der Waals surface area contributed by atoms with E-state index < -0.39 is 12.0 Å². The quantitative estimate of drug-likeness (QED) is 0.848. The molecule has 0 saturated carbocycles. The van der Waals surface area contributed by atoms with E-state index in [4.69, 9.17) is 14.7 Å². The smallest absolute Gasteiger partial charge is 0.161 e. The summed E-state index contributed by atoms with van der Waals surface area (Å²) in [6, 6.07) is 7.35. The van der Waals surface area contributed by atoms with Crippen molar-refractivity contribution in [3.63, 3.8) is 0 Å². The number of nitriles is 1. The van der Waals surface area contributed by atoms with Gasteiger partial charge in [0.25, 0.3) is 0 Å². The summed E-state index contributed by atoms with van der Waals surface area (Å²) in [6.45, 7) is 1.84. The minimum absolute atomic E-state index is 0.534. The Balaban J connectivity index is 3.10. The number of hydrogen-bond donors (Lipinski definition) is 1. The second kappa shape index (κ2) is 6.12. The summed E-state index contributed by atoms with van der Waals surface area (Å²) < 4.78 is 10.3. The van der Waals surface area contributed by atoms with E-state index in [0.29, 0.717) is 17.9 Å². The van der Waals surface area contributed by atoms with Gasteiger partial charge < -0.3 is 14.6 Å². The zero-order chi connectivity index (χ0) is 12.8. The van der Waals surface area contributed by atoms with Crippen LogP contribution in [0.3, 0.4) is 0 Å². The molecule has 0 spiro atoms. The number of methoxy groups -OCH3 is 2. The van der Waals surface area contributed by atoms with E-state index in [1.165, 1.54) is 0 Å². The number of aliphatic hydroxyl groups is 1. The van der Waals surface area contributed by atoms with Crippen LogP contribution in [-0.4, -0.2) is 25.4 Å². The standard InChI is InChI=1S/C13H17NO3/c1-4-11(15)10(8-14)9-5-6-12(16-2)13(7-9)17-3/h5-7,10-11,15H,4H2,1-3H3. The molecule has 0 aliphatic heterocycles. The van der Waals surface area contributed by atoms with Crippen molar-refractivity contribution in [3.8, 4) is 17.6 Å². The molecule has 0 fully saturated rings. The van der Waals surface area contributed by atoms with Crippen LogP contribution < -0.4 is 9.47 Å². The molecule has 0 aliphatic rings. The highest BCUT2D eigenvalue weighted by Crippen LogP contribution is 2.31. The van der Waals surface area contributed by atoms with E-state index in [0.717, 1.165) is 5.56 Å². The van der Waals surface area contributed by atoms with Crippen molar-refractivity contribution in [1.29, 1.82) is 5.26 Å². The van der Waals surface area contributed by atoms with Crippen molar-refractivity contribution in [2.45, 2.75) is 25.4 Å². The van der Waals surface area contributed by atoms with Gasteiger partial charge in [-0.3, -0.25) is 0 Å². The molecule has 1 rings (SSSR count). The predicted molar refractivity (Wildman–Crippen MR) is 64.2 cm³/mol. The first-order valence-electron chi connectivity index (χ1n) is 5.47. The molecule has 0 aliphatic carbocycles. The summed E-state index contributed by atoms with van der Waals surface area (Å²) in [6.07, 6.45) is -0.134. The molecule has 2 unspecified atom stereocenters. The number of rotatable bonds is 5. The molecule has 0 amide bonds. The topological polar surface area (TPSA) is 62.5 Å². The SMILES string of the molecule is CCC(O)C(C#N)c1ccc(OC)c(OC)c1. The minimum Gasteiger partial charge on any atom is -0.493 e. The molecule has 0 bridgehead atoms. The van der Waals surface area contributed by atoms with Gasteiger partial charge in [0.2, 0.25) is 0 Å². The fraction of sp³-hybridized carbons (Fsp3) is 0.462. The average Bonchev–Trinajstić information content (AvgIpc) is 2.38. The average molecular weight is 235 g/mol. The van der Waals surface area contributed by atoms with E-state index in [1.54, 1.807) is 32.4 Å². The van der Waals surface area contributed by atoms with E-state index in [9.17, 15) is 5.11 Å². The Labute approximate surface area is 101 Å². The summed E-state index contributed by atoms with van der Waals surface area (Å²) in [5.74, 6) is 0.632. The molecule has 4 heteroatoms. The van der Waals surface area contributed by atoms with Crippen molar-refractivity contribution in [3.05, 3.63) is 23.8 Å². The number of hydrogen-bond acceptors (Lipinski definition) is 4. The molecule has 1 aromatic rings. The third-order valence-corrected chi connectivity index (χ3v) is 2.71. The number of benzene rings is 1. The third-order valence-electron chi connectivity index (χ3n) is 2.71. The van der Waals surface area contributed by atoms with Gasteiger partial charge in [0.1, 0.15) is 0 Å². The molecule has 1 aromatic carbocycles. The monoisotopic (exact) mass is 235 g/mol. The zero-order valence-corrected chi connectivity index (χ0v) is 10.3. The molecule has 17 heavy (non-hydrogen) atoms. The van der Waals surface area contributed by atoms with E-state index in [2.05, 4.69) is 6.07 Å². The summed E-state index contributed by atoms with van der Waals surface area (Å²) in [7, 11) is 3.10. The van der Waals surface area contributed by atoms with Crippen molar-refractivity contribution < 1.29 is 14.6 Å². The molecule has 0 aromatic heterocycles. The van der Waals surface area contributed by atoms with Crippen LogP contribution in [0.5, 0.6) is 11.5 Å². The van der Waals surface area contributed by atoms with Gasteiger partial charge in [-0.15, -0.1) is 0 Å². The second-order valence-corrected chi connectivity index (χ2v) is 3.70. The summed E-state index contributed by atoms with van der Waals surface area (Å²) >= 11 is 0. The van der Waals surface area contributed by atoms with Crippen LogP contribution in [0.25, 0.3) is 0 Å². The maximum atomic E-state index is 9.77. The van der Waals surface area contributed by atoms with Gasteiger partial charge in [-0.05, 0) is 24.1 Å². The normalized spacial score (nSPS) is 13.6. The first kappa shape index (κ1) is 13.3. The molecular weight excluding hydrogens is 218 g/mol. The Morgan fingerprint density at radius 2 is 1.94 bits per heavy atom. The lowest BCUT2D eigenvalue weighted by atomic mass is 9.93.